The van der Waals surface area contributed by atoms with Gasteiger partial charge in [-0.15, -0.1) is 0 Å². The van der Waals surface area contributed by atoms with E-state index in [4.69, 9.17) is 11.6 Å². The van der Waals surface area contributed by atoms with E-state index in [9.17, 15) is 9.18 Å². The second kappa shape index (κ2) is 5.19. The minimum Gasteiger partial charge on any atom is -0.465 e. The lowest BCUT2D eigenvalue weighted by Crippen LogP contribution is -2.00. The standard InChI is InChI=1S/C14H10ClFO2/c1-18-14(17)10-4-2-9(3-5-10)12-7-6-11(16)8-13(12)15/h2-8H,1H3. The molecule has 0 amide bonds. The third kappa shape index (κ3) is 2.51. The molecule has 2 aromatic carbocycles. The van der Waals surface area contributed by atoms with Crippen LogP contribution in [0.5, 0.6) is 0 Å². The summed E-state index contributed by atoms with van der Waals surface area (Å²) in [5.41, 5.74) is 1.99. The highest BCUT2D eigenvalue weighted by Crippen LogP contribution is 2.28. The van der Waals surface area contributed by atoms with Crippen molar-refractivity contribution in [1.82, 2.24) is 0 Å². The summed E-state index contributed by atoms with van der Waals surface area (Å²) in [6.07, 6.45) is 0. The zero-order valence-electron chi connectivity index (χ0n) is 9.61. The van der Waals surface area contributed by atoms with Gasteiger partial charge in [0.05, 0.1) is 17.7 Å². The lowest BCUT2D eigenvalue weighted by atomic mass is 10.0. The average molecular weight is 265 g/mol. The molecule has 0 aliphatic heterocycles. The van der Waals surface area contributed by atoms with E-state index < -0.39 is 5.97 Å². The molecule has 18 heavy (non-hydrogen) atoms. The van der Waals surface area contributed by atoms with Crippen molar-refractivity contribution in [2.24, 2.45) is 0 Å². The molecule has 0 unspecified atom stereocenters. The van der Waals surface area contributed by atoms with Crippen molar-refractivity contribution in [2.45, 2.75) is 0 Å². The summed E-state index contributed by atoms with van der Waals surface area (Å²) in [4.78, 5) is 11.3. The maximum atomic E-state index is 12.9. The first-order valence-corrected chi connectivity index (χ1v) is 5.63. The fraction of sp³-hybridized carbons (Fsp3) is 0.0714. The molecule has 0 fully saturated rings. The fourth-order valence-corrected chi connectivity index (χ4v) is 1.90. The molecule has 0 saturated carbocycles. The summed E-state index contributed by atoms with van der Waals surface area (Å²) in [5, 5.41) is 0.334. The molecule has 2 nitrogen and oxygen atoms in total. The molecule has 0 aromatic heterocycles. The Morgan fingerprint density at radius 1 is 1.17 bits per heavy atom. The van der Waals surface area contributed by atoms with Crippen LogP contribution < -0.4 is 0 Å². The van der Waals surface area contributed by atoms with Gasteiger partial charge < -0.3 is 4.74 Å². The van der Waals surface area contributed by atoms with E-state index in [0.29, 0.717) is 10.6 Å². The summed E-state index contributed by atoms with van der Waals surface area (Å²) >= 11 is 5.96. The van der Waals surface area contributed by atoms with Crippen LogP contribution >= 0.6 is 11.6 Å². The molecular weight excluding hydrogens is 255 g/mol. The predicted molar refractivity (Wildman–Crippen MR) is 68.2 cm³/mol. The molecule has 0 aliphatic rings. The predicted octanol–water partition coefficient (Wildman–Crippen LogP) is 3.93. The molecular formula is C14H10ClFO2. The topological polar surface area (TPSA) is 26.3 Å². The van der Waals surface area contributed by atoms with Crippen molar-refractivity contribution >= 4 is 17.6 Å². The number of hydrogen-bond acceptors (Lipinski definition) is 2. The lowest BCUT2D eigenvalue weighted by Gasteiger charge is -2.05. The van der Waals surface area contributed by atoms with Gasteiger partial charge in [-0.2, -0.15) is 0 Å². The smallest absolute Gasteiger partial charge is 0.337 e. The zero-order chi connectivity index (χ0) is 13.1. The van der Waals surface area contributed by atoms with Gasteiger partial charge in [-0.25, -0.2) is 9.18 Å². The number of methoxy groups -OCH3 is 1. The molecule has 0 atom stereocenters. The van der Waals surface area contributed by atoms with E-state index in [1.807, 2.05) is 0 Å². The van der Waals surface area contributed by atoms with Gasteiger partial charge in [-0.1, -0.05) is 23.7 Å². The van der Waals surface area contributed by atoms with Crippen LogP contribution in [0.2, 0.25) is 5.02 Å². The van der Waals surface area contributed by atoms with Crippen LogP contribution in [0.25, 0.3) is 11.1 Å². The van der Waals surface area contributed by atoms with Crippen molar-refractivity contribution < 1.29 is 13.9 Å². The zero-order valence-corrected chi connectivity index (χ0v) is 10.4. The fourth-order valence-electron chi connectivity index (χ4n) is 1.63. The first kappa shape index (κ1) is 12.6. The number of carbonyl (C=O) groups excluding carboxylic acids is 1. The second-order valence-electron chi connectivity index (χ2n) is 3.69. The molecule has 0 N–H and O–H groups in total. The minimum atomic E-state index is -0.397. The van der Waals surface area contributed by atoms with Gasteiger partial charge in [-0.3, -0.25) is 0 Å². The Hall–Kier alpha value is -1.87. The van der Waals surface area contributed by atoms with Crippen LogP contribution in [0, 0.1) is 5.82 Å². The maximum Gasteiger partial charge on any atom is 0.337 e. The first-order valence-electron chi connectivity index (χ1n) is 5.25. The van der Waals surface area contributed by atoms with E-state index in [0.717, 1.165) is 11.1 Å². The molecule has 0 radical (unpaired) electrons. The summed E-state index contributed by atoms with van der Waals surface area (Å²) in [5.74, 6) is -0.776. The van der Waals surface area contributed by atoms with Gasteiger partial charge in [-0.05, 0) is 35.9 Å². The van der Waals surface area contributed by atoms with E-state index >= 15 is 0 Å². The summed E-state index contributed by atoms with van der Waals surface area (Å²) < 4.78 is 17.5. The van der Waals surface area contributed by atoms with Crippen molar-refractivity contribution in [2.75, 3.05) is 7.11 Å². The Morgan fingerprint density at radius 3 is 2.39 bits per heavy atom. The Balaban J connectivity index is 2.37. The van der Waals surface area contributed by atoms with Crippen LogP contribution in [0.1, 0.15) is 10.4 Å². The Labute approximate surface area is 109 Å². The molecule has 92 valence electrons. The molecule has 0 aliphatic carbocycles. The number of hydrogen-bond donors (Lipinski definition) is 0. The lowest BCUT2D eigenvalue weighted by molar-refractivity contribution is 0.0601. The number of esters is 1. The number of benzene rings is 2. The van der Waals surface area contributed by atoms with Gasteiger partial charge in [0.15, 0.2) is 0 Å². The average Bonchev–Trinajstić information content (AvgIpc) is 2.38. The first-order chi connectivity index (χ1) is 8.61. The van der Waals surface area contributed by atoms with Crippen LogP contribution in [0.4, 0.5) is 4.39 Å². The normalized spacial score (nSPS) is 10.2. The molecule has 2 rings (SSSR count). The van der Waals surface area contributed by atoms with Crippen molar-refractivity contribution in [1.29, 1.82) is 0 Å². The SMILES string of the molecule is COC(=O)c1ccc(-c2ccc(F)cc2Cl)cc1. The molecule has 0 saturated heterocycles. The van der Waals surface area contributed by atoms with Crippen molar-refractivity contribution in [3.8, 4) is 11.1 Å². The van der Waals surface area contributed by atoms with E-state index in [1.54, 1.807) is 30.3 Å². The van der Waals surface area contributed by atoms with E-state index in [2.05, 4.69) is 4.74 Å². The van der Waals surface area contributed by atoms with Gasteiger partial charge in [0, 0.05) is 5.56 Å². The third-order valence-electron chi connectivity index (χ3n) is 2.55. The highest BCUT2D eigenvalue weighted by atomic mass is 35.5. The molecule has 2 aromatic rings. The van der Waals surface area contributed by atoms with Gasteiger partial charge in [0.2, 0.25) is 0 Å². The van der Waals surface area contributed by atoms with Gasteiger partial charge in [0.25, 0.3) is 0 Å². The van der Waals surface area contributed by atoms with Crippen molar-refractivity contribution in [3.05, 3.63) is 58.9 Å². The number of ether oxygens (including phenoxy) is 1. The summed E-state index contributed by atoms with van der Waals surface area (Å²) in [6.45, 7) is 0. The number of halogens is 2. The van der Waals surface area contributed by atoms with Gasteiger partial charge >= 0.3 is 5.97 Å². The van der Waals surface area contributed by atoms with Crippen molar-refractivity contribution in [3.63, 3.8) is 0 Å². The number of carbonyl (C=O) groups is 1. The van der Waals surface area contributed by atoms with Crippen LogP contribution in [-0.4, -0.2) is 13.1 Å². The monoisotopic (exact) mass is 264 g/mol. The Morgan fingerprint density at radius 2 is 1.83 bits per heavy atom. The van der Waals surface area contributed by atoms with E-state index in [-0.39, 0.29) is 5.82 Å². The van der Waals surface area contributed by atoms with Crippen LogP contribution in [-0.2, 0) is 4.74 Å². The quantitative estimate of drug-likeness (QED) is 0.768. The van der Waals surface area contributed by atoms with Gasteiger partial charge in [0.1, 0.15) is 5.82 Å². The highest BCUT2D eigenvalue weighted by Gasteiger charge is 2.07. The second-order valence-corrected chi connectivity index (χ2v) is 4.10. The van der Waals surface area contributed by atoms with Crippen LogP contribution in [0.3, 0.4) is 0 Å². The van der Waals surface area contributed by atoms with Crippen LogP contribution in [0.15, 0.2) is 42.5 Å². The molecule has 0 bridgehead atoms. The summed E-state index contributed by atoms with van der Waals surface area (Å²) in [7, 11) is 1.33. The molecule has 0 spiro atoms. The molecule has 4 heteroatoms. The largest absolute Gasteiger partial charge is 0.465 e. The Kier molecular flexibility index (Phi) is 3.63. The number of rotatable bonds is 2. The Bertz CT molecular complexity index is 579. The highest BCUT2D eigenvalue weighted by molar-refractivity contribution is 6.33. The summed E-state index contributed by atoms with van der Waals surface area (Å²) in [6, 6.07) is 11.0. The maximum absolute atomic E-state index is 12.9. The minimum absolute atomic E-state index is 0.334. The van der Waals surface area contributed by atoms with E-state index in [1.165, 1.54) is 19.2 Å². The third-order valence-corrected chi connectivity index (χ3v) is 2.86. The molecule has 0 heterocycles.